The summed E-state index contributed by atoms with van der Waals surface area (Å²) in [5, 5.41) is 9.30. The van der Waals surface area contributed by atoms with Gasteiger partial charge in [0.25, 0.3) is 5.96 Å². The molecule has 1 rings (SSSR count). The third-order valence-electron chi connectivity index (χ3n) is 1.51. The van der Waals surface area contributed by atoms with Gasteiger partial charge in [-0.1, -0.05) is 11.5 Å². The first-order valence-electron chi connectivity index (χ1n) is 4.01. The molecule has 0 aliphatic rings. The maximum Gasteiger partial charge on any atom is 0.256 e. The second-order valence-electron chi connectivity index (χ2n) is 2.57. The van der Waals surface area contributed by atoms with Crippen molar-refractivity contribution in [3.63, 3.8) is 0 Å². The highest BCUT2D eigenvalue weighted by Crippen LogP contribution is 2.20. The molecule has 0 radical (unpaired) electrons. The Morgan fingerprint density at radius 3 is 3.00 bits per heavy atom. The van der Waals surface area contributed by atoms with Crippen LogP contribution in [-0.4, -0.2) is 17.2 Å². The maximum absolute atomic E-state index is 10.1. The van der Waals surface area contributed by atoms with E-state index in [2.05, 4.69) is 4.99 Å². The van der Waals surface area contributed by atoms with Crippen LogP contribution in [0.5, 0.6) is 0 Å². The van der Waals surface area contributed by atoms with E-state index in [1.807, 2.05) is 18.4 Å². The second kappa shape index (κ2) is 5.20. The van der Waals surface area contributed by atoms with Crippen LogP contribution in [0.1, 0.15) is 0 Å². The summed E-state index contributed by atoms with van der Waals surface area (Å²) in [6.07, 6.45) is 1.93. The molecule has 0 fully saturated rings. The average Bonchev–Trinajstić information content (AvgIpc) is 2.16. The van der Waals surface area contributed by atoms with E-state index in [0.29, 0.717) is 5.69 Å². The van der Waals surface area contributed by atoms with Gasteiger partial charge < -0.3 is 5.73 Å². The first-order valence-corrected chi connectivity index (χ1v) is 5.23. The molecule has 0 unspecified atom stereocenters. The van der Waals surface area contributed by atoms with Gasteiger partial charge in [0.15, 0.2) is 5.03 Å². The minimum atomic E-state index is -0.753. The average molecular weight is 226 g/mol. The van der Waals surface area contributed by atoms with E-state index in [9.17, 15) is 10.1 Å². The minimum absolute atomic E-state index is 0.238. The van der Waals surface area contributed by atoms with E-state index < -0.39 is 5.03 Å². The second-order valence-corrected chi connectivity index (χ2v) is 3.45. The number of rotatable bonds is 3. The zero-order valence-corrected chi connectivity index (χ0v) is 8.82. The summed E-state index contributed by atoms with van der Waals surface area (Å²) < 4.78 is 0. The first kappa shape index (κ1) is 11.3. The molecular weight excluding hydrogens is 216 g/mol. The molecule has 6 nitrogen and oxygen atoms in total. The van der Waals surface area contributed by atoms with Crippen molar-refractivity contribution in [3.8, 4) is 0 Å². The Balaban J connectivity index is 2.82. The zero-order chi connectivity index (χ0) is 11.3. The Bertz CT molecular complexity index is 394. The van der Waals surface area contributed by atoms with Gasteiger partial charge in [-0.15, -0.1) is 11.8 Å². The maximum atomic E-state index is 10.1. The molecular formula is C8H10N4O2S. The summed E-state index contributed by atoms with van der Waals surface area (Å²) >= 11 is 1.56. The molecule has 15 heavy (non-hydrogen) atoms. The fourth-order valence-electron chi connectivity index (χ4n) is 0.938. The van der Waals surface area contributed by atoms with Crippen LogP contribution in [0.4, 0.5) is 5.69 Å². The van der Waals surface area contributed by atoms with Crippen molar-refractivity contribution in [2.45, 2.75) is 4.90 Å². The fraction of sp³-hybridized carbons (Fsp3) is 0.125. The number of hydrogen-bond acceptors (Lipinski definition) is 4. The number of aliphatic imine (C=N–C) groups is 1. The predicted octanol–water partition coefficient (Wildman–Crippen LogP) is 1.14. The van der Waals surface area contributed by atoms with Gasteiger partial charge in [-0.25, -0.2) is 15.1 Å². The van der Waals surface area contributed by atoms with E-state index in [1.165, 1.54) is 0 Å². The van der Waals surface area contributed by atoms with Gasteiger partial charge in [0.2, 0.25) is 0 Å². The lowest BCUT2D eigenvalue weighted by molar-refractivity contribution is -0.525. The SMILES string of the molecule is CSc1cccc(N=C(N)N[N+](=O)[O-])c1. The number of nitro groups is 1. The van der Waals surface area contributed by atoms with Gasteiger partial charge in [0, 0.05) is 4.90 Å². The predicted molar refractivity (Wildman–Crippen MR) is 59.6 cm³/mol. The Hall–Kier alpha value is -1.76. The van der Waals surface area contributed by atoms with Crippen LogP contribution >= 0.6 is 11.8 Å². The minimum Gasteiger partial charge on any atom is -0.365 e. The van der Waals surface area contributed by atoms with Crippen molar-refractivity contribution in [3.05, 3.63) is 34.4 Å². The van der Waals surface area contributed by atoms with Crippen molar-refractivity contribution in [2.75, 3.05) is 6.26 Å². The van der Waals surface area contributed by atoms with Crippen LogP contribution < -0.4 is 11.2 Å². The topological polar surface area (TPSA) is 93.5 Å². The normalized spacial score (nSPS) is 11.1. The number of nitrogens with two attached hydrogens (primary N) is 1. The van der Waals surface area contributed by atoms with Crippen LogP contribution in [0, 0.1) is 10.1 Å². The largest absolute Gasteiger partial charge is 0.365 e. The molecule has 0 amide bonds. The van der Waals surface area contributed by atoms with Crippen LogP contribution in [0.2, 0.25) is 0 Å². The van der Waals surface area contributed by atoms with Gasteiger partial charge in [-0.3, -0.25) is 0 Å². The van der Waals surface area contributed by atoms with Gasteiger partial charge >= 0.3 is 0 Å². The third kappa shape index (κ3) is 3.86. The van der Waals surface area contributed by atoms with Crippen molar-refractivity contribution >= 4 is 23.4 Å². The molecule has 0 spiro atoms. The van der Waals surface area contributed by atoms with E-state index >= 15 is 0 Å². The fourth-order valence-corrected chi connectivity index (χ4v) is 1.39. The van der Waals surface area contributed by atoms with Crippen LogP contribution in [0.3, 0.4) is 0 Å². The van der Waals surface area contributed by atoms with E-state index in [1.54, 1.807) is 29.3 Å². The number of nitrogens with one attached hydrogen (secondary N) is 1. The summed E-state index contributed by atoms with van der Waals surface area (Å²) in [6.45, 7) is 0. The summed E-state index contributed by atoms with van der Waals surface area (Å²) in [6, 6.07) is 7.23. The summed E-state index contributed by atoms with van der Waals surface area (Å²) in [5.41, 5.74) is 7.64. The lowest BCUT2D eigenvalue weighted by Crippen LogP contribution is -2.35. The molecule has 1 aromatic carbocycles. The van der Waals surface area contributed by atoms with Crippen molar-refractivity contribution < 1.29 is 5.03 Å². The van der Waals surface area contributed by atoms with Crippen LogP contribution in [0.15, 0.2) is 34.2 Å². The Kier molecular flexibility index (Phi) is 3.92. The van der Waals surface area contributed by atoms with E-state index in [4.69, 9.17) is 5.73 Å². The summed E-state index contributed by atoms with van der Waals surface area (Å²) in [4.78, 5) is 14.9. The van der Waals surface area contributed by atoms with E-state index in [-0.39, 0.29) is 5.96 Å². The lowest BCUT2D eigenvalue weighted by atomic mass is 10.3. The molecule has 0 aromatic heterocycles. The molecule has 7 heteroatoms. The highest BCUT2D eigenvalue weighted by molar-refractivity contribution is 7.98. The lowest BCUT2D eigenvalue weighted by Gasteiger charge is -1.99. The molecule has 0 saturated heterocycles. The highest BCUT2D eigenvalue weighted by Gasteiger charge is 1.99. The van der Waals surface area contributed by atoms with Gasteiger partial charge in [0.1, 0.15) is 0 Å². The number of hydrogen-bond donors (Lipinski definition) is 2. The molecule has 0 aliphatic heterocycles. The number of thioether (sulfide) groups is 1. The highest BCUT2D eigenvalue weighted by atomic mass is 32.2. The van der Waals surface area contributed by atoms with Crippen molar-refractivity contribution in [1.29, 1.82) is 0 Å². The smallest absolute Gasteiger partial charge is 0.256 e. The zero-order valence-electron chi connectivity index (χ0n) is 8.01. The van der Waals surface area contributed by atoms with Gasteiger partial charge in [-0.2, -0.15) is 0 Å². The molecule has 0 heterocycles. The molecule has 80 valence electrons. The number of benzene rings is 1. The van der Waals surface area contributed by atoms with Crippen LogP contribution in [-0.2, 0) is 0 Å². The Labute approximate surface area is 90.7 Å². The molecule has 1 aromatic rings. The number of hydrazine groups is 1. The number of guanidine groups is 1. The summed E-state index contributed by atoms with van der Waals surface area (Å²) in [5.74, 6) is -0.238. The molecule has 0 saturated carbocycles. The van der Waals surface area contributed by atoms with E-state index in [0.717, 1.165) is 4.90 Å². The Morgan fingerprint density at radius 2 is 2.40 bits per heavy atom. The molecule has 0 atom stereocenters. The summed E-state index contributed by atoms with van der Waals surface area (Å²) in [7, 11) is 0. The number of nitrogens with zero attached hydrogens (tertiary/aromatic N) is 2. The standard InChI is InChI=1S/C8H10N4O2S/c1-15-7-4-2-3-6(5-7)10-8(9)11-12(13)14/h2-5H,1H3,(H3,9,10,11). The monoisotopic (exact) mass is 226 g/mol. The van der Waals surface area contributed by atoms with Crippen molar-refractivity contribution in [1.82, 2.24) is 5.43 Å². The van der Waals surface area contributed by atoms with Gasteiger partial charge in [0.05, 0.1) is 5.69 Å². The molecule has 3 N–H and O–H groups in total. The van der Waals surface area contributed by atoms with Crippen LogP contribution in [0.25, 0.3) is 0 Å². The quantitative estimate of drug-likeness (QED) is 0.265. The molecule has 0 bridgehead atoms. The van der Waals surface area contributed by atoms with Gasteiger partial charge in [-0.05, 0) is 24.5 Å². The third-order valence-corrected chi connectivity index (χ3v) is 2.23. The first-order chi connectivity index (χ1) is 7.11. The molecule has 0 aliphatic carbocycles. The van der Waals surface area contributed by atoms with Crippen molar-refractivity contribution in [2.24, 2.45) is 10.7 Å². The Morgan fingerprint density at radius 1 is 1.67 bits per heavy atom.